The number of anilines is 1. The molecule has 0 aliphatic heterocycles. The van der Waals surface area contributed by atoms with Crippen molar-refractivity contribution in [2.75, 3.05) is 11.1 Å². The number of carbonyl (C=O) groups is 1. The third-order valence-electron chi connectivity index (χ3n) is 2.89. The molecule has 110 valence electrons. The van der Waals surface area contributed by atoms with E-state index in [0.29, 0.717) is 4.47 Å². The number of amides is 1. The second-order valence-electron chi connectivity index (χ2n) is 4.73. The molecule has 1 amide bonds. The summed E-state index contributed by atoms with van der Waals surface area (Å²) in [4.78, 5) is 13.0. The first-order valence-corrected chi connectivity index (χ1v) is 8.18. The molecule has 0 bridgehead atoms. The zero-order chi connectivity index (χ0) is 15.4. The Hall–Kier alpha value is -1.33. The smallest absolute Gasteiger partial charge is 0.234 e. The van der Waals surface area contributed by atoms with Gasteiger partial charge < -0.3 is 5.32 Å². The molecule has 0 radical (unpaired) electrons. The van der Waals surface area contributed by atoms with E-state index in [9.17, 15) is 9.18 Å². The monoisotopic (exact) mass is 367 g/mol. The van der Waals surface area contributed by atoms with Crippen molar-refractivity contribution in [3.8, 4) is 0 Å². The molecule has 2 nitrogen and oxygen atoms in total. The summed E-state index contributed by atoms with van der Waals surface area (Å²) < 4.78 is 14.3. The normalized spacial score (nSPS) is 10.5. The highest BCUT2D eigenvalue weighted by atomic mass is 79.9. The van der Waals surface area contributed by atoms with E-state index in [1.165, 1.54) is 23.4 Å². The number of benzene rings is 2. The molecule has 1 N–H and O–H groups in total. The maximum Gasteiger partial charge on any atom is 0.234 e. The van der Waals surface area contributed by atoms with Gasteiger partial charge in [0.05, 0.1) is 11.4 Å². The number of thioether (sulfide) groups is 1. The third kappa shape index (κ3) is 4.58. The largest absolute Gasteiger partial charge is 0.323 e. The zero-order valence-electron chi connectivity index (χ0n) is 11.7. The lowest BCUT2D eigenvalue weighted by molar-refractivity contribution is -0.113. The molecule has 0 aromatic heterocycles. The Morgan fingerprint density at radius 3 is 2.67 bits per heavy atom. The third-order valence-corrected chi connectivity index (χ3v) is 4.56. The van der Waals surface area contributed by atoms with Gasteiger partial charge in [-0.25, -0.2) is 4.39 Å². The van der Waals surface area contributed by atoms with E-state index in [-0.39, 0.29) is 17.3 Å². The van der Waals surface area contributed by atoms with Gasteiger partial charge in [0, 0.05) is 9.37 Å². The van der Waals surface area contributed by atoms with E-state index < -0.39 is 5.82 Å². The number of hydrogen-bond acceptors (Lipinski definition) is 2. The van der Waals surface area contributed by atoms with Gasteiger partial charge in [-0.1, -0.05) is 33.6 Å². The number of aryl methyl sites for hydroxylation is 2. The predicted octanol–water partition coefficient (Wildman–Crippen LogP) is 4.94. The summed E-state index contributed by atoms with van der Waals surface area (Å²) in [6, 6.07) is 10.7. The van der Waals surface area contributed by atoms with Gasteiger partial charge in [-0.3, -0.25) is 4.79 Å². The molecule has 0 saturated carbocycles. The van der Waals surface area contributed by atoms with Crippen LogP contribution in [-0.4, -0.2) is 11.7 Å². The molecule has 0 spiro atoms. The first-order chi connectivity index (χ1) is 9.95. The van der Waals surface area contributed by atoms with Gasteiger partial charge in [0.15, 0.2) is 0 Å². The molecule has 2 aromatic rings. The van der Waals surface area contributed by atoms with Gasteiger partial charge in [-0.05, 0) is 43.7 Å². The van der Waals surface area contributed by atoms with Crippen molar-refractivity contribution in [1.29, 1.82) is 0 Å². The van der Waals surface area contributed by atoms with Crippen LogP contribution >= 0.6 is 27.7 Å². The second kappa shape index (κ2) is 7.09. The van der Waals surface area contributed by atoms with Gasteiger partial charge in [0.25, 0.3) is 0 Å². The summed E-state index contributed by atoms with van der Waals surface area (Å²) >= 11 is 4.63. The molecular formula is C16H15BrFNOS. The van der Waals surface area contributed by atoms with Crippen LogP contribution in [0.1, 0.15) is 11.1 Å². The first kappa shape index (κ1) is 16.0. The average Bonchev–Trinajstić information content (AvgIpc) is 2.41. The Morgan fingerprint density at radius 2 is 2.00 bits per heavy atom. The lowest BCUT2D eigenvalue weighted by atomic mass is 10.2. The summed E-state index contributed by atoms with van der Waals surface area (Å²) in [5.74, 6) is -0.421. The lowest BCUT2D eigenvalue weighted by Gasteiger charge is -2.08. The van der Waals surface area contributed by atoms with Crippen LogP contribution in [-0.2, 0) is 4.79 Å². The maximum atomic E-state index is 13.6. The number of carbonyl (C=O) groups excluding carboxylic acids is 1. The number of rotatable bonds is 4. The Bertz CT molecular complexity index is 675. The van der Waals surface area contributed by atoms with Crippen LogP contribution in [0.25, 0.3) is 0 Å². The molecule has 0 aliphatic rings. The predicted molar refractivity (Wildman–Crippen MR) is 89.4 cm³/mol. The number of nitrogens with one attached hydrogen (secondary N) is 1. The second-order valence-corrected chi connectivity index (χ2v) is 6.66. The van der Waals surface area contributed by atoms with E-state index in [4.69, 9.17) is 0 Å². The average molecular weight is 368 g/mol. The van der Waals surface area contributed by atoms with Crippen LogP contribution in [0.2, 0.25) is 0 Å². The van der Waals surface area contributed by atoms with E-state index in [0.717, 1.165) is 10.5 Å². The topological polar surface area (TPSA) is 29.1 Å². The van der Waals surface area contributed by atoms with Crippen molar-refractivity contribution in [1.82, 2.24) is 0 Å². The van der Waals surface area contributed by atoms with Crippen LogP contribution in [0.4, 0.5) is 10.1 Å². The molecule has 0 unspecified atom stereocenters. The molecule has 0 aliphatic carbocycles. The summed E-state index contributed by atoms with van der Waals surface area (Å²) in [6.45, 7) is 4.05. The van der Waals surface area contributed by atoms with Crippen molar-refractivity contribution < 1.29 is 9.18 Å². The Kier molecular flexibility index (Phi) is 5.42. The minimum absolute atomic E-state index is 0.199. The summed E-state index contributed by atoms with van der Waals surface area (Å²) in [6.07, 6.45) is 0. The van der Waals surface area contributed by atoms with Crippen LogP contribution in [0.15, 0.2) is 45.8 Å². The van der Waals surface area contributed by atoms with Crippen molar-refractivity contribution in [2.24, 2.45) is 0 Å². The molecule has 0 atom stereocenters. The number of hydrogen-bond donors (Lipinski definition) is 1. The highest BCUT2D eigenvalue weighted by Crippen LogP contribution is 2.24. The quantitative estimate of drug-likeness (QED) is 0.775. The first-order valence-electron chi connectivity index (χ1n) is 6.40. The molecule has 2 rings (SSSR count). The fraction of sp³-hybridized carbons (Fsp3) is 0.188. The fourth-order valence-corrected chi connectivity index (χ4v) is 3.02. The Morgan fingerprint density at radius 1 is 1.24 bits per heavy atom. The molecular weight excluding hydrogens is 353 g/mol. The standard InChI is InChI=1S/C16H15BrFNOS/c1-10-3-6-15(11(2)7-10)21-9-16(20)19-14-5-4-12(17)8-13(14)18/h3-8H,9H2,1-2H3,(H,19,20). The van der Waals surface area contributed by atoms with Crippen LogP contribution in [0, 0.1) is 19.7 Å². The van der Waals surface area contributed by atoms with E-state index >= 15 is 0 Å². The minimum Gasteiger partial charge on any atom is -0.323 e. The van der Waals surface area contributed by atoms with Gasteiger partial charge in [-0.2, -0.15) is 0 Å². The number of halogens is 2. The Balaban J connectivity index is 1.96. The van der Waals surface area contributed by atoms with E-state index in [2.05, 4.69) is 27.3 Å². The van der Waals surface area contributed by atoms with Gasteiger partial charge >= 0.3 is 0 Å². The molecule has 0 saturated heterocycles. The Labute approximate surface area is 136 Å². The van der Waals surface area contributed by atoms with Crippen molar-refractivity contribution in [3.05, 3.63) is 57.8 Å². The van der Waals surface area contributed by atoms with Gasteiger partial charge in [0.2, 0.25) is 5.91 Å². The van der Waals surface area contributed by atoms with Gasteiger partial charge in [-0.15, -0.1) is 11.8 Å². The lowest BCUT2D eigenvalue weighted by Crippen LogP contribution is -2.15. The maximum absolute atomic E-state index is 13.6. The van der Waals surface area contributed by atoms with Crippen molar-refractivity contribution >= 4 is 39.3 Å². The zero-order valence-corrected chi connectivity index (χ0v) is 14.1. The van der Waals surface area contributed by atoms with Crippen LogP contribution < -0.4 is 5.32 Å². The minimum atomic E-state index is -0.450. The molecule has 5 heteroatoms. The SMILES string of the molecule is Cc1ccc(SCC(=O)Nc2ccc(Br)cc2F)c(C)c1. The molecule has 2 aromatic carbocycles. The van der Waals surface area contributed by atoms with Crippen molar-refractivity contribution in [2.45, 2.75) is 18.7 Å². The highest BCUT2D eigenvalue weighted by Gasteiger charge is 2.09. The molecule has 0 fully saturated rings. The summed E-state index contributed by atoms with van der Waals surface area (Å²) in [5, 5.41) is 2.58. The summed E-state index contributed by atoms with van der Waals surface area (Å²) in [7, 11) is 0. The fourth-order valence-electron chi connectivity index (χ4n) is 1.88. The molecule has 0 heterocycles. The van der Waals surface area contributed by atoms with E-state index in [1.54, 1.807) is 12.1 Å². The highest BCUT2D eigenvalue weighted by molar-refractivity contribution is 9.10. The van der Waals surface area contributed by atoms with E-state index in [1.807, 2.05) is 26.0 Å². The molecule has 21 heavy (non-hydrogen) atoms. The van der Waals surface area contributed by atoms with Gasteiger partial charge in [0.1, 0.15) is 5.82 Å². The van der Waals surface area contributed by atoms with Crippen LogP contribution in [0.5, 0.6) is 0 Å². The van der Waals surface area contributed by atoms with Crippen LogP contribution in [0.3, 0.4) is 0 Å². The summed E-state index contributed by atoms with van der Waals surface area (Å²) in [5.41, 5.74) is 2.53. The van der Waals surface area contributed by atoms with Crippen molar-refractivity contribution in [3.63, 3.8) is 0 Å².